The zero-order chi connectivity index (χ0) is 13.3. The summed E-state index contributed by atoms with van der Waals surface area (Å²) in [6, 6.07) is 3.97. The number of pyridine rings is 1. The Kier molecular flexibility index (Phi) is 3.68. The summed E-state index contributed by atoms with van der Waals surface area (Å²) in [6.07, 6.45) is 5.84. The number of rotatable bonds is 3. The van der Waals surface area contributed by atoms with Gasteiger partial charge in [0, 0.05) is 18.5 Å². The minimum absolute atomic E-state index is 0.113. The van der Waals surface area contributed by atoms with Crippen molar-refractivity contribution in [1.82, 2.24) is 4.98 Å². The van der Waals surface area contributed by atoms with Crippen LogP contribution in [0.5, 0.6) is 5.75 Å². The molecule has 2 fully saturated rings. The van der Waals surface area contributed by atoms with Crippen LogP contribution in [0, 0.1) is 6.92 Å². The molecule has 1 spiro atoms. The molecule has 4 heteroatoms. The highest BCUT2D eigenvalue weighted by Gasteiger charge is 2.43. The van der Waals surface area contributed by atoms with Crippen LogP contribution in [0.25, 0.3) is 0 Å². The van der Waals surface area contributed by atoms with Crippen molar-refractivity contribution in [3.05, 3.63) is 23.5 Å². The molecule has 0 amide bonds. The van der Waals surface area contributed by atoms with Gasteiger partial charge in [0.15, 0.2) is 0 Å². The van der Waals surface area contributed by atoms with E-state index in [2.05, 4.69) is 4.98 Å². The molecule has 1 aliphatic heterocycles. The molecule has 0 aromatic carbocycles. The van der Waals surface area contributed by atoms with E-state index in [9.17, 15) is 0 Å². The summed E-state index contributed by atoms with van der Waals surface area (Å²) < 4.78 is 12.1. The Morgan fingerprint density at radius 3 is 3.00 bits per heavy atom. The van der Waals surface area contributed by atoms with Crippen LogP contribution in [0.4, 0.5) is 0 Å². The van der Waals surface area contributed by atoms with E-state index in [4.69, 9.17) is 21.1 Å². The number of hydrogen-bond donors (Lipinski definition) is 0. The molecule has 1 aromatic rings. The normalized spacial score (nSPS) is 25.1. The summed E-state index contributed by atoms with van der Waals surface area (Å²) >= 11 is 5.95. The number of aryl methyl sites for hydroxylation is 1. The number of nitrogens with zero attached hydrogens (tertiary/aromatic N) is 1. The molecule has 1 unspecified atom stereocenters. The predicted octanol–water partition coefficient (Wildman–Crippen LogP) is 3.61. The van der Waals surface area contributed by atoms with Crippen molar-refractivity contribution in [1.29, 1.82) is 0 Å². The zero-order valence-corrected chi connectivity index (χ0v) is 12.1. The lowest BCUT2D eigenvalue weighted by Gasteiger charge is -2.46. The Morgan fingerprint density at radius 2 is 2.32 bits per heavy atom. The van der Waals surface area contributed by atoms with Crippen LogP contribution in [0.1, 0.15) is 43.5 Å². The molecule has 1 atom stereocenters. The number of ether oxygens (including phenoxy) is 2. The van der Waals surface area contributed by atoms with Crippen molar-refractivity contribution in [2.75, 3.05) is 6.61 Å². The second-order valence-corrected chi connectivity index (χ2v) is 5.92. The highest BCUT2D eigenvalue weighted by Crippen LogP contribution is 2.43. The number of hydrogen-bond acceptors (Lipinski definition) is 3. The summed E-state index contributed by atoms with van der Waals surface area (Å²) in [6.45, 7) is 2.78. The summed E-state index contributed by atoms with van der Waals surface area (Å²) in [5.41, 5.74) is 1.93. The fourth-order valence-corrected chi connectivity index (χ4v) is 3.17. The maximum atomic E-state index is 6.14. The third-order valence-electron chi connectivity index (χ3n) is 4.20. The van der Waals surface area contributed by atoms with Crippen molar-refractivity contribution >= 4 is 11.6 Å². The molecule has 1 aromatic heterocycles. The number of alkyl halides is 1. The third kappa shape index (κ3) is 2.72. The van der Waals surface area contributed by atoms with E-state index in [1.165, 1.54) is 19.3 Å². The average molecular weight is 282 g/mol. The van der Waals surface area contributed by atoms with Gasteiger partial charge >= 0.3 is 0 Å². The van der Waals surface area contributed by atoms with Gasteiger partial charge in [-0.05, 0) is 38.3 Å². The fraction of sp³-hybridized carbons (Fsp3) is 0.667. The predicted molar refractivity (Wildman–Crippen MR) is 74.7 cm³/mol. The first-order valence-corrected chi connectivity index (χ1v) is 7.57. The minimum atomic E-state index is 0.113. The molecule has 1 saturated heterocycles. The van der Waals surface area contributed by atoms with E-state index in [-0.39, 0.29) is 11.7 Å². The van der Waals surface area contributed by atoms with Gasteiger partial charge in [-0.1, -0.05) is 0 Å². The van der Waals surface area contributed by atoms with Crippen LogP contribution < -0.4 is 4.74 Å². The van der Waals surface area contributed by atoms with Crippen molar-refractivity contribution in [2.24, 2.45) is 0 Å². The van der Waals surface area contributed by atoms with Crippen LogP contribution in [-0.4, -0.2) is 23.3 Å². The molecule has 3 rings (SSSR count). The molecule has 19 heavy (non-hydrogen) atoms. The average Bonchev–Trinajstić information content (AvgIpc) is 2.39. The molecule has 0 radical (unpaired) electrons. The lowest BCUT2D eigenvalue weighted by Crippen LogP contribution is -2.48. The molecular weight excluding hydrogens is 262 g/mol. The monoisotopic (exact) mass is 281 g/mol. The van der Waals surface area contributed by atoms with E-state index in [0.717, 1.165) is 36.6 Å². The summed E-state index contributed by atoms with van der Waals surface area (Å²) in [7, 11) is 0. The standard InChI is InChI=1S/C15H20ClNO2/c1-11-3-4-14(13(10-16)17-11)19-12-5-8-18-15(9-12)6-2-7-15/h3-4,12H,2,5-10H2,1H3. The van der Waals surface area contributed by atoms with E-state index in [1.807, 2.05) is 19.1 Å². The highest BCUT2D eigenvalue weighted by molar-refractivity contribution is 6.17. The van der Waals surface area contributed by atoms with Crippen LogP contribution in [0.15, 0.2) is 12.1 Å². The van der Waals surface area contributed by atoms with Gasteiger partial charge in [-0.2, -0.15) is 0 Å². The molecule has 0 N–H and O–H groups in total. The first kappa shape index (κ1) is 13.2. The van der Waals surface area contributed by atoms with E-state index >= 15 is 0 Å². The van der Waals surface area contributed by atoms with Gasteiger partial charge in [-0.3, -0.25) is 4.98 Å². The van der Waals surface area contributed by atoms with Crippen LogP contribution in [-0.2, 0) is 10.6 Å². The van der Waals surface area contributed by atoms with Crippen molar-refractivity contribution in [3.8, 4) is 5.75 Å². The molecule has 0 bridgehead atoms. The van der Waals surface area contributed by atoms with E-state index in [1.54, 1.807) is 0 Å². The lowest BCUT2D eigenvalue weighted by atomic mass is 9.74. The summed E-state index contributed by atoms with van der Waals surface area (Å²) in [5, 5.41) is 0. The van der Waals surface area contributed by atoms with Gasteiger partial charge in [0.2, 0.25) is 0 Å². The Balaban J connectivity index is 1.70. The van der Waals surface area contributed by atoms with Crippen molar-refractivity contribution in [2.45, 2.75) is 56.6 Å². The zero-order valence-electron chi connectivity index (χ0n) is 11.3. The van der Waals surface area contributed by atoms with E-state index in [0.29, 0.717) is 5.88 Å². The van der Waals surface area contributed by atoms with Gasteiger partial charge in [-0.15, -0.1) is 11.6 Å². The largest absolute Gasteiger partial charge is 0.488 e. The second kappa shape index (κ2) is 5.29. The smallest absolute Gasteiger partial charge is 0.142 e. The molecule has 2 heterocycles. The first-order chi connectivity index (χ1) is 9.21. The fourth-order valence-electron chi connectivity index (χ4n) is 2.98. The van der Waals surface area contributed by atoms with Gasteiger partial charge < -0.3 is 9.47 Å². The maximum absolute atomic E-state index is 6.14. The Labute approximate surface area is 119 Å². The molecule has 1 saturated carbocycles. The van der Waals surface area contributed by atoms with Crippen molar-refractivity contribution in [3.63, 3.8) is 0 Å². The number of halogens is 1. The van der Waals surface area contributed by atoms with Crippen LogP contribution in [0.2, 0.25) is 0 Å². The molecule has 1 aliphatic carbocycles. The quantitative estimate of drug-likeness (QED) is 0.793. The Morgan fingerprint density at radius 1 is 1.47 bits per heavy atom. The van der Waals surface area contributed by atoms with E-state index < -0.39 is 0 Å². The van der Waals surface area contributed by atoms with Gasteiger partial charge in [-0.25, -0.2) is 0 Å². The summed E-state index contributed by atoms with van der Waals surface area (Å²) in [4.78, 5) is 4.44. The van der Waals surface area contributed by atoms with Gasteiger partial charge in [0.1, 0.15) is 11.9 Å². The second-order valence-electron chi connectivity index (χ2n) is 5.65. The topological polar surface area (TPSA) is 31.4 Å². The first-order valence-electron chi connectivity index (χ1n) is 7.04. The minimum Gasteiger partial charge on any atom is -0.488 e. The molecule has 2 aliphatic rings. The lowest BCUT2D eigenvalue weighted by molar-refractivity contribution is -0.153. The maximum Gasteiger partial charge on any atom is 0.142 e. The Hall–Kier alpha value is -0.800. The van der Waals surface area contributed by atoms with Gasteiger partial charge in [0.05, 0.1) is 23.8 Å². The summed E-state index contributed by atoms with van der Waals surface area (Å²) in [5.74, 6) is 1.23. The molecule has 104 valence electrons. The van der Waals surface area contributed by atoms with Crippen LogP contribution in [0.3, 0.4) is 0 Å². The third-order valence-corrected chi connectivity index (χ3v) is 4.46. The molecule has 3 nitrogen and oxygen atoms in total. The van der Waals surface area contributed by atoms with Crippen LogP contribution >= 0.6 is 11.6 Å². The van der Waals surface area contributed by atoms with Crippen molar-refractivity contribution < 1.29 is 9.47 Å². The molecular formula is C15H20ClNO2. The van der Waals surface area contributed by atoms with Gasteiger partial charge in [0.25, 0.3) is 0 Å². The Bertz CT molecular complexity index is 459. The number of aromatic nitrogens is 1. The highest BCUT2D eigenvalue weighted by atomic mass is 35.5. The SMILES string of the molecule is Cc1ccc(OC2CCOC3(CCC3)C2)c(CCl)n1.